The van der Waals surface area contributed by atoms with Crippen LogP contribution in [-0.4, -0.2) is 32.0 Å². The molecule has 146 valence electrons. The maximum absolute atomic E-state index is 12.6. The first-order chi connectivity index (χ1) is 12.7. The zero-order valence-corrected chi connectivity index (χ0v) is 16.4. The summed E-state index contributed by atoms with van der Waals surface area (Å²) in [5, 5.41) is 17.4. The van der Waals surface area contributed by atoms with Crippen LogP contribution in [0.15, 0.2) is 18.3 Å². The van der Waals surface area contributed by atoms with E-state index in [0.29, 0.717) is 24.1 Å². The van der Waals surface area contributed by atoms with Crippen LogP contribution in [0.3, 0.4) is 0 Å². The summed E-state index contributed by atoms with van der Waals surface area (Å²) in [7, 11) is 0. The van der Waals surface area contributed by atoms with Gasteiger partial charge in [0.05, 0.1) is 28.1 Å². The van der Waals surface area contributed by atoms with Gasteiger partial charge in [-0.15, -0.1) is 0 Å². The summed E-state index contributed by atoms with van der Waals surface area (Å²) in [6.45, 7) is 5.04. The van der Waals surface area contributed by atoms with Crippen LogP contribution in [0.2, 0.25) is 0 Å². The van der Waals surface area contributed by atoms with Crippen molar-refractivity contribution in [3.05, 3.63) is 29.6 Å². The number of fused-ring (bicyclic) bond motifs is 1. The summed E-state index contributed by atoms with van der Waals surface area (Å²) in [6, 6.07) is 3.75. The Kier molecular flexibility index (Phi) is 5.65. The zero-order chi connectivity index (χ0) is 19.6. The standard InChI is InChI=1S/C21H29N3O3/c1-14(25)18-13-24-17(11-16(23-24)9-10-21(2,3)27)12-19(18)22-20(26)15-7-5-4-6-8-15/h11-13,15,27H,4-10H2,1-3H3,(H,22,26). The van der Waals surface area contributed by atoms with E-state index in [4.69, 9.17) is 0 Å². The molecule has 0 unspecified atom stereocenters. The quantitative estimate of drug-likeness (QED) is 0.757. The molecule has 2 aromatic rings. The highest BCUT2D eigenvalue weighted by molar-refractivity contribution is 6.04. The highest BCUT2D eigenvalue weighted by atomic mass is 16.3. The highest BCUT2D eigenvalue weighted by Crippen LogP contribution is 2.27. The number of carbonyl (C=O) groups excluding carboxylic acids is 2. The number of anilines is 1. The van der Waals surface area contributed by atoms with Gasteiger partial charge in [0.15, 0.2) is 5.78 Å². The third-order valence-electron chi connectivity index (χ3n) is 5.26. The molecule has 27 heavy (non-hydrogen) atoms. The molecule has 0 saturated heterocycles. The molecule has 2 N–H and O–H groups in total. The van der Waals surface area contributed by atoms with Gasteiger partial charge in [-0.1, -0.05) is 19.3 Å². The average molecular weight is 371 g/mol. The Hall–Kier alpha value is -2.21. The third kappa shape index (κ3) is 4.95. The van der Waals surface area contributed by atoms with Crippen LogP contribution in [0.1, 0.15) is 75.3 Å². The summed E-state index contributed by atoms with van der Waals surface area (Å²) in [4.78, 5) is 24.7. The Bertz CT molecular complexity index is 842. The van der Waals surface area contributed by atoms with Crippen molar-refractivity contribution in [1.82, 2.24) is 9.61 Å². The Morgan fingerprint density at radius 1 is 1.26 bits per heavy atom. The minimum atomic E-state index is -0.751. The monoisotopic (exact) mass is 371 g/mol. The molecular formula is C21H29N3O3. The van der Waals surface area contributed by atoms with Crippen LogP contribution < -0.4 is 5.32 Å². The average Bonchev–Trinajstić information content (AvgIpc) is 3.01. The van der Waals surface area contributed by atoms with Gasteiger partial charge in [-0.3, -0.25) is 9.59 Å². The van der Waals surface area contributed by atoms with E-state index in [1.54, 1.807) is 24.6 Å². The lowest BCUT2D eigenvalue weighted by Crippen LogP contribution is -2.25. The van der Waals surface area contributed by atoms with E-state index >= 15 is 0 Å². The molecule has 6 heteroatoms. The smallest absolute Gasteiger partial charge is 0.227 e. The summed E-state index contributed by atoms with van der Waals surface area (Å²) in [6.07, 6.45) is 8.12. The number of hydrogen-bond acceptors (Lipinski definition) is 4. The predicted molar refractivity (Wildman–Crippen MR) is 105 cm³/mol. The van der Waals surface area contributed by atoms with Crippen molar-refractivity contribution in [3.63, 3.8) is 0 Å². The molecule has 3 rings (SSSR count). The van der Waals surface area contributed by atoms with E-state index in [1.165, 1.54) is 13.3 Å². The van der Waals surface area contributed by atoms with Gasteiger partial charge in [-0.2, -0.15) is 5.10 Å². The normalized spacial score (nSPS) is 15.9. The molecule has 0 aromatic carbocycles. The van der Waals surface area contributed by atoms with Gasteiger partial charge in [0.25, 0.3) is 0 Å². The third-order valence-corrected chi connectivity index (χ3v) is 5.26. The fourth-order valence-corrected chi connectivity index (χ4v) is 3.63. The molecule has 2 aromatic heterocycles. The fraction of sp³-hybridized carbons (Fsp3) is 0.571. The first-order valence-corrected chi connectivity index (χ1v) is 9.79. The van der Waals surface area contributed by atoms with Gasteiger partial charge in [-0.05, 0) is 58.6 Å². The topological polar surface area (TPSA) is 83.7 Å². The predicted octanol–water partition coefficient (Wildman–Crippen LogP) is 3.76. The summed E-state index contributed by atoms with van der Waals surface area (Å²) < 4.78 is 1.67. The van der Waals surface area contributed by atoms with Crippen molar-refractivity contribution >= 4 is 22.9 Å². The summed E-state index contributed by atoms with van der Waals surface area (Å²) in [5.74, 6) is -0.0743. The van der Waals surface area contributed by atoms with Crippen LogP contribution in [0.25, 0.3) is 5.52 Å². The van der Waals surface area contributed by atoms with Crippen molar-refractivity contribution in [2.24, 2.45) is 5.92 Å². The van der Waals surface area contributed by atoms with Gasteiger partial charge in [-0.25, -0.2) is 4.52 Å². The van der Waals surface area contributed by atoms with Gasteiger partial charge < -0.3 is 10.4 Å². The lowest BCUT2D eigenvalue weighted by Gasteiger charge is -2.21. The molecular weight excluding hydrogens is 342 g/mol. The molecule has 0 atom stereocenters. The molecule has 2 heterocycles. The minimum Gasteiger partial charge on any atom is -0.390 e. The number of hydrogen-bond donors (Lipinski definition) is 2. The van der Waals surface area contributed by atoms with Gasteiger partial charge in [0.2, 0.25) is 5.91 Å². The van der Waals surface area contributed by atoms with Gasteiger partial charge >= 0.3 is 0 Å². The van der Waals surface area contributed by atoms with Crippen molar-refractivity contribution in [3.8, 4) is 0 Å². The number of aryl methyl sites for hydroxylation is 1. The Labute approximate surface area is 160 Å². The number of nitrogens with zero attached hydrogens (tertiary/aromatic N) is 2. The molecule has 1 aliphatic carbocycles. The Morgan fingerprint density at radius 2 is 1.96 bits per heavy atom. The molecule has 6 nitrogen and oxygen atoms in total. The molecule has 0 radical (unpaired) electrons. The summed E-state index contributed by atoms with van der Waals surface area (Å²) >= 11 is 0. The summed E-state index contributed by atoms with van der Waals surface area (Å²) in [5.41, 5.74) is 1.94. The van der Waals surface area contributed by atoms with Gasteiger partial charge in [0.1, 0.15) is 0 Å². The van der Waals surface area contributed by atoms with Crippen molar-refractivity contribution in [2.75, 3.05) is 5.32 Å². The number of carbonyl (C=O) groups is 2. The SMILES string of the molecule is CC(=O)c1cn2nc(CCC(C)(C)O)cc2cc1NC(=O)C1CCCCC1. The van der Waals surface area contributed by atoms with E-state index in [-0.39, 0.29) is 17.6 Å². The minimum absolute atomic E-state index is 0.00307. The molecule has 1 fully saturated rings. The first kappa shape index (κ1) is 19.5. The molecule has 1 saturated carbocycles. The molecule has 1 aliphatic rings. The maximum atomic E-state index is 12.6. The second kappa shape index (κ2) is 7.80. The van der Waals surface area contributed by atoms with E-state index in [1.807, 2.05) is 12.1 Å². The van der Waals surface area contributed by atoms with Crippen LogP contribution >= 0.6 is 0 Å². The van der Waals surface area contributed by atoms with E-state index < -0.39 is 5.60 Å². The molecule has 1 amide bonds. The highest BCUT2D eigenvalue weighted by Gasteiger charge is 2.23. The molecule has 0 spiro atoms. The zero-order valence-electron chi connectivity index (χ0n) is 16.4. The number of aliphatic hydroxyl groups is 1. The number of Topliss-reactive ketones (excluding diaryl/α,β-unsaturated/α-hetero) is 1. The van der Waals surface area contributed by atoms with Crippen LogP contribution in [0.4, 0.5) is 5.69 Å². The number of nitrogens with one attached hydrogen (secondary N) is 1. The number of amides is 1. The van der Waals surface area contributed by atoms with Crippen LogP contribution in [0.5, 0.6) is 0 Å². The second-order valence-corrected chi connectivity index (χ2v) is 8.30. The van der Waals surface area contributed by atoms with Crippen LogP contribution in [-0.2, 0) is 11.2 Å². The number of ketones is 1. The Balaban J connectivity index is 1.85. The van der Waals surface area contributed by atoms with E-state index in [2.05, 4.69) is 10.4 Å². The number of rotatable bonds is 6. The van der Waals surface area contributed by atoms with Gasteiger partial charge in [0, 0.05) is 12.1 Å². The first-order valence-electron chi connectivity index (χ1n) is 9.79. The van der Waals surface area contributed by atoms with Crippen molar-refractivity contribution in [2.45, 2.75) is 71.3 Å². The van der Waals surface area contributed by atoms with Crippen molar-refractivity contribution in [1.29, 1.82) is 0 Å². The molecule has 0 aliphatic heterocycles. The van der Waals surface area contributed by atoms with Crippen molar-refractivity contribution < 1.29 is 14.7 Å². The Morgan fingerprint density at radius 3 is 2.59 bits per heavy atom. The fourth-order valence-electron chi connectivity index (χ4n) is 3.63. The van der Waals surface area contributed by atoms with Crippen LogP contribution in [0, 0.1) is 5.92 Å². The number of pyridine rings is 1. The lowest BCUT2D eigenvalue weighted by molar-refractivity contribution is -0.120. The molecule has 0 bridgehead atoms. The van der Waals surface area contributed by atoms with E-state index in [0.717, 1.165) is 36.9 Å². The lowest BCUT2D eigenvalue weighted by atomic mass is 9.88. The largest absolute Gasteiger partial charge is 0.390 e. The maximum Gasteiger partial charge on any atom is 0.227 e. The second-order valence-electron chi connectivity index (χ2n) is 8.30. The van der Waals surface area contributed by atoms with E-state index in [9.17, 15) is 14.7 Å². The number of aromatic nitrogens is 2.